The van der Waals surface area contributed by atoms with E-state index < -0.39 is 0 Å². The molecule has 0 nitrogen and oxygen atoms in total. The monoisotopic (exact) mass is 292 g/mol. The van der Waals surface area contributed by atoms with Crippen LogP contribution in [0.2, 0.25) is 0 Å². The predicted octanol–water partition coefficient (Wildman–Crippen LogP) is 2.95. The van der Waals surface area contributed by atoms with Crippen molar-refractivity contribution in [1.29, 1.82) is 0 Å². The molecule has 0 aromatic carbocycles. The Labute approximate surface area is 85.6 Å². The quantitative estimate of drug-likeness (QED) is 0.603. The van der Waals surface area contributed by atoms with Crippen LogP contribution in [0.15, 0.2) is 0 Å². The van der Waals surface area contributed by atoms with Gasteiger partial charge in [-0.1, -0.05) is 20.3 Å². The molecule has 0 N–H and O–H groups in total. The Morgan fingerprint density at radius 1 is 1.43 bits per heavy atom. The molecule has 0 amide bonds. The van der Waals surface area contributed by atoms with E-state index in [1.54, 1.807) is 0 Å². The second-order valence-electron chi connectivity index (χ2n) is 0.808. The smallest absolute Gasteiger partial charge is 1.00 e. The molecule has 0 aliphatic rings. The molecule has 0 atom stereocenters. The summed E-state index contributed by atoms with van der Waals surface area (Å²) in [6.45, 7) is 4.25. The van der Waals surface area contributed by atoms with E-state index in [4.69, 9.17) is 0 Å². The first-order valence-electron chi connectivity index (χ1n) is 1.95. The van der Waals surface area contributed by atoms with Crippen molar-refractivity contribution in [2.75, 3.05) is 0 Å². The average molecular weight is 296 g/mol. The molecule has 0 saturated carbocycles. The van der Waals surface area contributed by atoms with E-state index in [1.165, 1.54) is 6.42 Å². The number of hydrogen-bond donors (Lipinski definition) is 0. The molecule has 0 radical (unpaired) electrons. The first-order valence-corrected chi connectivity index (χ1v) is 15.8. The summed E-state index contributed by atoms with van der Waals surface area (Å²) in [6, 6.07) is 0. The molecule has 0 aliphatic carbocycles. The third-order valence-electron chi connectivity index (χ3n) is 0. The zero-order valence-corrected chi connectivity index (χ0v) is 12.4. The van der Waals surface area contributed by atoms with Gasteiger partial charge in [0.1, 0.15) is 0 Å². The summed E-state index contributed by atoms with van der Waals surface area (Å²) in [5.74, 6) is 0. The van der Waals surface area contributed by atoms with Gasteiger partial charge in [0.2, 0.25) is 0 Å². The van der Waals surface area contributed by atoms with Gasteiger partial charge >= 0.3 is 63.5 Å². The second kappa shape index (κ2) is 23.8. The Hall–Kier alpha value is 2.35. The molecule has 0 heterocycles. The van der Waals surface area contributed by atoms with Crippen LogP contribution in [0.3, 0.4) is 0 Å². The van der Waals surface area contributed by atoms with Gasteiger partial charge in [-0.05, 0) is 0 Å². The molecule has 0 rings (SSSR count). The van der Waals surface area contributed by atoms with Crippen LogP contribution in [0.4, 0.5) is 0 Å². The van der Waals surface area contributed by atoms with Gasteiger partial charge in [-0.3, -0.25) is 0 Å². The fourth-order valence-electron chi connectivity index (χ4n) is 0. The summed E-state index contributed by atoms with van der Waals surface area (Å²) in [5, 5.41) is 0. The van der Waals surface area contributed by atoms with Gasteiger partial charge in [-0.2, -0.15) is 0 Å². The summed E-state index contributed by atoms with van der Waals surface area (Å²) < 4.78 is 0. The van der Waals surface area contributed by atoms with Crippen molar-refractivity contribution < 1.29 is 16.1 Å². The Kier molecular flexibility index (Phi) is 55.1. The van der Waals surface area contributed by atoms with Crippen molar-refractivity contribution in [2.45, 2.75) is 20.3 Å². The predicted molar refractivity (Wildman–Crippen MR) is 41.8 cm³/mol. The van der Waals surface area contributed by atoms with Crippen molar-refractivity contribution in [2.24, 2.45) is 0 Å². The van der Waals surface area contributed by atoms with Gasteiger partial charge < -0.3 is 2.85 Å². The normalized spacial score (nSPS) is 4.00. The maximum Gasteiger partial charge on any atom is 2.00 e. The van der Waals surface area contributed by atoms with E-state index in [1.807, 2.05) is 0 Å². The summed E-state index contributed by atoms with van der Waals surface area (Å²) >= 11 is 6.25. The zero-order chi connectivity index (χ0) is 5.41. The maximum absolute atomic E-state index is 3.25. The minimum absolute atomic E-state index is 0. The fourth-order valence-corrected chi connectivity index (χ4v) is 0. The zero-order valence-electron chi connectivity index (χ0n) is 6.88. The van der Waals surface area contributed by atoms with Crippen LogP contribution in [-0.4, -0.2) is 23.1 Å². The molecule has 0 aromatic rings. The summed E-state index contributed by atoms with van der Waals surface area (Å²) in [6.07, 6.45) is 1.25. The first-order chi connectivity index (χ1) is 2.83. The van der Waals surface area contributed by atoms with Gasteiger partial charge in [-0.15, -0.1) is 0 Å². The molecular weight excluding hydrogens is 286 g/mol. The van der Waals surface area contributed by atoms with Gasteiger partial charge in [0.15, 0.2) is 0 Å². The van der Waals surface area contributed by atoms with Crippen molar-refractivity contribution in [3.63, 3.8) is 0 Å². The molecule has 7 heavy (non-hydrogen) atoms. The van der Waals surface area contributed by atoms with E-state index in [-0.39, 0.29) is 39.1 Å². The molecule has 0 saturated heterocycles. The summed E-state index contributed by atoms with van der Waals surface area (Å²) in [4.78, 5) is 0. The number of rotatable bonds is 0. The fraction of sp³-hybridized carbons (Fsp3) is 1.00. The summed E-state index contributed by atoms with van der Waals surface area (Å²) in [5.41, 5.74) is 0. The van der Waals surface area contributed by atoms with E-state index in [2.05, 4.69) is 41.1 Å². The standard InChI is InChI=1S/C3H8.2BrH.Mg.Zn.2H/c1-3-2;;;;;;/h3H2,1-2H3;2*1H;;;;/q;;;2*+2;2*-1/p-2. The van der Waals surface area contributed by atoms with E-state index in [9.17, 15) is 0 Å². The minimum atomic E-state index is -0.250. The third-order valence-corrected chi connectivity index (χ3v) is 0. The summed E-state index contributed by atoms with van der Waals surface area (Å²) in [7, 11) is 0. The van der Waals surface area contributed by atoms with Crippen LogP contribution >= 0.6 is 27.2 Å². The van der Waals surface area contributed by atoms with Crippen LogP contribution in [-0.2, 0) is 13.2 Å². The Balaban J connectivity index is -0.00000000889. The molecule has 0 aliphatic heterocycles. The van der Waals surface area contributed by atoms with E-state index >= 15 is 0 Å². The van der Waals surface area contributed by atoms with E-state index in [0.29, 0.717) is 0 Å². The average Bonchev–Trinajstić information content (AvgIpc) is 1.39. The van der Waals surface area contributed by atoms with Gasteiger partial charge in [0, 0.05) is 0 Å². The Bertz CT molecular complexity index is 21.8. The van der Waals surface area contributed by atoms with Crippen LogP contribution < -0.4 is 0 Å². The van der Waals surface area contributed by atoms with Crippen LogP contribution in [0.25, 0.3) is 0 Å². The number of halogens is 2. The SMILES string of the molecule is CCC.[Br][Zn][Br].[H-].[H-].[Mg+2]. The number of hydrogen-bond acceptors (Lipinski definition) is 0. The van der Waals surface area contributed by atoms with Crippen LogP contribution in [0.5, 0.6) is 0 Å². The first kappa shape index (κ1) is 16.2. The Morgan fingerprint density at radius 3 is 1.43 bits per heavy atom. The third kappa shape index (κ3) is 61.0. The van der Waals surface area contributed by atoms with E-state index in [0.717, 1.165) is 0 Å². The van der Waals surface area contributed by atoms with Crippen LogP contribution in [0.1, 0.15) is 23.1 Å². The van der Waals surface area contributed by atoms with Crippen molar-refractivity contribution in [3.05, 3.63) is 0 Å². The van der Waals surface area contributed by atoms with Gasteiger partial charge in [-0.25, -0.2) is 0 Å². The maximum atomic E-state index is 3.25. The molecule has 0 bridgehead atoms. The topological polar surface area (TPSA) is 0 Å². The van der Waals surface area contributed by atoms with Gasteiger partial charge in [0.25, 0.3) is 0 Å². The molecule has 40 valence electrons. The van der Waals surface area contributed by atoms with Gasteiger partial charge in [0.05, 0.1) is 0 Å². The molecule has 0 unspecified atom stereocenters. The molecule has 0 aromatic heterocycles. The molecule has 0 spiro atoms. The molecule has 4 heteroatoms. The minimum Gasteiger partial charge on any atom is -1.00 e. The largest absolute Gasteiger partial charge is 2.00 e. The van der Waals surface area contributed by atoms with Crippen molar-refractivity contribution in [3.8, 4) is 0 Å². The Morgan fingerprint density at radius 2 is 1.43 bits per heavy atom. The van der Waals surface area contributed by atoms with Crippen LogP contribution in [0, 0.1) is 0 Å². The second-order valence-corrected chi connectivity index (χ2v) is 14.9. The molecule has 0 fully saturated rings. The van der Waals surface area contributed by atoms with Crippen molar-refractivity contribution in [1.82, 2.24) is 0 Å². The molecular formula is C3H10Br2MgZn. The van der Waals surface area contributed by atoms with Crippen molar-refractivity contribution >= 4 is 50.3 Å².